The lowest BCUT2D eigenvalue weighted by Gasteiger charge is -2.13. The van der Waals surface area contributed by atoms with Gasteiger partial charge in [0.2, 0.25) is 19.3 Å². The Morgan fingerprint density at radius 1 is 1.05 bits per heavy atom. The number of benzene rings is 2. The summed E-state index contributed by atoms with van der Waals surface area (Å²) in [6.07, 6.45) is 2.05. The van der Waals surface area contributed by atoms with Crippen LogP contribution >= 0.6 is 11.3 Å². The smallest absolute Gasteiger partial charge is 0.268 e. The number of anilines is 1. The number of para-hydroxylation sites is 1. The van der Waals surface area contributed by atoms with Gasteiger partial charge in [0, 0.05) is 6.42 Å². The molecule has 0 unspecified atom stereocenters. The van der Waals surface area contributed by atoms with Gasteiger partial charge >= 0.3 is 0 Å². The second kappa shape index (κ2) is 13.4. The van der Waals surface area contributed by atoms with Crippen molar-refractivity contribution < 1.29 is 27.4 Å². The van der Waals surface area contributed by atoms with E-state index in [2.05, 4.69) is 15.5 Å². The number of hydrogen-bond acceptors (Lipinski definition) is 10. The van der Waals surface area contributed by atoms with E-state index in [4.69, 9.17) is 14.2 Å². The van der Waals surface area contributed by atoms with Crippen LogP contribution in [0.15, 0.2) is 58.4 Å². The average Bonchev–Trinajstić information content (AvgIpc) is 3.38. The first-order valence-corrected chi connectivity index (χ1v) is 13.9. The molecule has 1 heterocycles. The van der Waals surface area contributed by atoms with E-state index in [0.29, 0.717) is 43.3 Å². The predicted molar refractivity (Wildman–Crippen MR) is 140 cm³/mol. The molecule has 0 atom stereocenters. The van der Waals surface area contributed by atoms with Crippen molar-refractivity contribution in [3.05, 3.63) is 59.7 Å². The minimum absolute atomic E-state index is 0.0202. The van der Waals surface area contributed by atoms with Crippen LogP contribution in [0.5, 0.6) is 17.2 Å². The standard InChI is InChI=1S/C25H26N4O6S2/c1-3-33-22-16-18(11-12-21(22)35-14-8-13-34-20-9-6-5-7-10-20)15-19(17-26)23(30)27-24-28-29-25(36-24)37(31,32)4-2/h5-7,9-12,15-16H,3-4,8,13-14H2,1-2H3,(H,27,28,30)/b19-15-. The first-order chi connectivity index (χ1) is 17.9. The fraction of sp³-hybridized carbons (Fsp3) is 0.280. The van der Waals surface area contributed by atoms with Gasteiger partial charge in [-0.2, -0.15) is 5.26 Å². The molecule has 0 bridgehead atoms. The van der Waals surface area contributed by atoms with Crippen LogP contribution in [-0.4, -0.2) is 50.1 Å². The Morgan fingerprint density at radius 2 is 1.81 bits per heavy atom. The first-order valence-electron chi connectivity index (χ1n) is 11.4. The van der Waals surface area contributed by atoms with E-state index in [1.807, 2.05) is 43.3 Å². The van der Waals surface area contributed by atoms with Crippen LogP contribution < -0.4 is 19.5 Å². The van der Waals surface area contributed by atoms with Gasteiger partial charge in [-0.15, -0.1) is 10.2 Å². The summed E-state index contributed by atoms with van der Waals surface area (Å²) in [6, 6.07) is 16.4. The second-order valence-electron chi connectivity index (χ2n) is 7.40. The molecule has 0 aliphatic carbocycles. The summed E-state index contributed by atoms with van der Waals surface area (Å²) in [5, 5.41) is 19.2. The van der Waals surface area contributed by atoms with Gasteiger partial charge in [0.1, 0.15) is 17.4 Å². The number of carbonyl (C=O) groups is 1. The molecule has 0 spiro atoms. The Bertz CT molecular complexity index is 1380. The van der Waals surface area contributed by atoms with Gasteiger partial charge in [0.05, 0.1) is 25.6 Å². The molecule has 3 rings (SSSR count). The second-order valence-corrected chi connectivity index (χ2v) is 10.8. The maximum Gasteiger partial charge on any atom is 0.268 e. The Balaban J connectivity index is 1.64. The minimum atomic E-state index is -3.54. The molecule has 0 radical (unpaired) electrons. The van der Waals surface area contributed by atoms with Crippen LogP contribution in [0.2, 0.25) is 0 Å². The largest absolute Gasteiger partial charge is 0.493 e. The van der Waals surface area contributed by atoms with E-state index in [-0.39, 0.29) is 20.8 Å². The molecule has 37 heavy (non-hydrogen) atoms. The topological polar surface area (TPSA) is 140 Å². The minimum Gasteiger partial charge on any atom is -0.493 e. The molecule has 0 fully saturated rings. The zero-order valence-corrected chi connectivity index (χ0v) is 22.0. The van der Waals surface area contributed by atoms with Gasteiger partial charge in [0.25, 0.3) is 5.91 Å². The Morgan fingerprint density at radius 3 is 2.51 bits per heavy atom. The lowest BCUT2D eigenvalue weighted by molar-refractivity contribution is -0.112. The molecule has 1 aromatic heterocycles. The third-order valence-corrected chi connectivity index (χ3v) is 7.79. The molecule has 0 aliphatic heterocycles. The highest BCUT2D eigenvalue weighted by Crippen LogP contribution is 2.30. The summed E-state index contributed by atoms with van der Waals surface area (Å²) in [4.78, 5) is 12.6. The van der Waals surface area contributed by atoms with E-state index in [0.717, 1.165) is 17.1 Å². The average molecular weight is 543 g/mol. The van der Waals surface area contributed by atoms with Gasteiger partial charge in [-0.05, 0) is 42.8 Å². The van der Waals surface area contributed by atoms with E-state index in [1.54, 1.807) is 18.2 Å². The molecule has 0 saturated carbocycles. The van der Waals surface area contributed by atoms with Crippen molar-refractivity contribution in [3.63, 3.8) is 0 Å². The Labute approximate surface area is 219 Å². The number of ether oxygens (including phenoxy) is 3. The maximum absolute atomic E-state index is 12.6. The lowest BCUT2D eigenvalue weighted by atomic mass is 10.1. The van der Waals surface area contributed by atoms with Crippen LogP contribution in [0.25, 0.3) is 6.08 Å². The number of hydrogen-bond donors (Lipinski definition) is 1. The van der Waals surface area contributed by atoms with Gasteiger partial charge in [-0.1, -0.05) is 42.5 Å². The summed E-state index contributed by atoms with van der Waals surface area (Å²) < 4.78 is 40.8. The normalized spacial score (nSPS) is 11.4. The third-order valence-electron chi connectivity index (χ3n) is 4.77. The molecular weight excluding hydrogens is 516 g/mol. The van der Waals surface area contributed by atoms with E-state index < -0.39 is 15.7 Å². The van der Waals surface area contributed by atoms with Crippen molar-refractivity contribution in [2.45, 2.75) is 24.6 Å². The summed E-state index contributed by atoms with van der Waals surface area (Å²) in [5.74, 6) is 0.915. The van der Waals surface area contributed by atoms with Crippen LogP contribution in [0.1, 0.15) is 25.8 Å². The van der Waals surface area contributed by atoms with Gasteiger partial charge in [0.15, 0.2) is 11.5 Å². The fourth-order valence-electron chi connectivity index (χ4n) is 2.94. The number of aromatic nitrogens is 2. The quantitative estimate of drug-likeness (QED) is 0.146. The molecule has 0 aliphatic rings. The highest BCUT2D eigenvalue weighted by Gasteiger charge is 2.20. The van der Waals surface area contributed by atoms with Gasteiger partial charge in [-0.3, -0.25) is 10.1 Å². The molecule has 1 N–H and O–H groups in total. The van der Waals surface area contributed by atoms with Crippen molar-refractivity contribution in [1.29, 1.82) is 5.26 Å². The van der Waals surface area contributed by atoms with Crippen LogP contribution in [-0.2, 0) is 14.6 Å². The van der Waals surface area contributed by atoms with E-state index >= 15 is 0 Å². The first kappa shape index (κ1) is 27.6. The number of nitrogens with one attached hydrogen (secondary N) is 1. The highest BCUT2D eigenvalue weighted by molar-refractivity contribution is 7.93. The number of amides is 1. The van der Waals surface area contributed by atoms with Crippen molar-refractivity contribution in [2.24, 2.45) is 0 Å². The molecular formula is C25H26N4O6S2. The van der Waals surface area contributed by atoms with Crippen molar-refractivity contribution in [2.75, 3.05) is 30.9 Å². The number of rotatable bonds is 13. The summed E-state index contributed by atoms with van der Waals surface area (Å²) in [7, 11) is -3.54. The molecule has 194 valence electrons. The zero-order chi connectivity index (χ0) is 26.7. The van der Waals surface area contributed by atoms with Crippen molar-refractivity contribution >= 4 is 38.3 Å². The van der Waals surface area contributed by atoms with Gasteiger partial charge in [-0.25, -0.2) is 8.42 Å². The lowest BCUT2D eigenvalue weighted by Crippen LogP contribution is -2.13. The fourth-order valence-corrected chi connectivity index (χ4v) is 4.92. The summed E-state index contributed by atoms with van der Waals surface area (Å²) in [5.41, 5.74) is 0.339. The van der Waals surface area contributed by atoms with Crippen LogP contribution in [0.4, 0.5) is 5.13 Å². The highest BCUT2D eigenvalue weighted by atomic mass is 32.2. The Hall–Kier alpha value is -3.95. The van der Waals surface area contributed by atoms with Crippen LogP contribution in [0.3, 0.4) is 0 Å². The SMILES string of the molecule is CCOc1cc(/C=C(/C#N)C(=O)Nc2nnc(S(=O)(=O)CC)s2)ccc1OCCCOc1ccccc1. The molecule has 12 heteroatoms. The maximum atomic E-state index is 12.6. The predicted octanol–water partition coefficient (Wildman–Crippen LogP) is 4.12. The number of carbonyl (C=O) groups excluding carboxylic acids is 1. The van der Waals surface area contributed by atoms with E-state index in [1.165, 1.54) is 13.0 Å². The molecule has 10 nitrogen and oxygen atoms in total. The van der Waals surface area contributed by atoms with E-state index in [9.17, 15) is 18.5 Å². The molecule has 0 saturated heterocycles. The monoisotopic (exact) mass is 542 g/mol. The van der Waals surface area contributed by atoms with Crippen molar-refractivity contribution in [1.82, 2.24) is 10.2 Å². The number of sulfone groups is 1. The molecule has 2 aromatic carbocycles. The van der Waals surface area contributed by atoms with Gasteiger partial charge < -0.3 is 14.2 Å². The molecule has 1 amide bonds. The number of nitriles is 1. The zero-order valence-electron chi connectivity index (χ0n) is 20.3. The third kappa shape index (κ3) is 8.03. The Kier molecular flexibility index (Phi) is 10.00. The molecule has 3 aromatic rings. The van der Waals surface area contributed by atoms with Crippen LogP contribution in [0, 0.1) is 11.3 Å². The summed E-state index contributed by atoms with van der Waals surface area (Å²) in [6.45, 7) is 4.62. The number of nitrogens with zero attached hydrogens (tertiary/aromatic N) is 3. The summed E-state index contributed by atoms with van der Waals surface area (Å²) >= 11 is 0.723. The van der Waals surface area contributed by atoms with Crippen molar-refractivity contribution in [3.8, 4) is 23.3 Å².